The lowest BCUT2D eigenvalue weighted by Gasteiger charge is -2.25. The maximum atomic E-state index is 9.83. The molecule has 12 heavy (non-hydrogen) atoms. The van der Waals surface area contributed by atoms with Crippen LogP contribution in [0.15, 0.2) is 0 Å². The van der Waals surface area contributed by atoms with Crippen molar-refractivity contribution in [2.45, 2.75) is 32.8 Å². The molecule has 0 bridgehead atoms. The maximum Gasteiger partial charge on any atom is 0.111 e. The average Bonchev–Trinajstić information content (AvgIpc) is 2.11. The molecule has 0 aromatic heterocycles. The van der Waals surface area contributed by atoms with Gasteiger partial charge >= 0.3 is 0 Å². The van der Waals surface area contributed by atoms with Gasteiger partial charge in [0, 0.05) is 13.2 Å². The Kier molecular flexibility index (Phi) is 6.34. The molecule has 0 aliphatic rings. The number of aliphatic hydroxyl groups is 1. The Bertz CT molecular complexity index is 95.9. The lowest BCUT2D eigenvalue weighted by molar-refractivity contribution is -0.0940. The van der Waals surface area contributed by atoms with Crippen molar-refractivity contribution in [2.75, 3.05) is 26.4 Å². The molecule has 0 rings (SSSR count). The summed E-state index contributed by atoms with van der Waals surface area (Å²) in [7, 11) is 0. The van der Waals surface area contributed by atoms with Gasteiger partial charge in [-0.05, 0) is 20.3 Å². The normalized spacial score (nSPS) is 12.0. The first kappa shape index (κ1) is 11.9. The number of hydrogen-bond donors (Lipinski definition) is 1. The molecule has 0 radical (unpaired) electrons. The predicted octanol–water partition coefficient (Wildman–Crippen LogP) is 1.20. The Morgan fingerprint density at radius 3 is 1.67 bits per heavy atom. The lowest BCUT2D eigenvalue weighted by atomic mass is 10.0. The molecule has 0 fully saturated rings. The van der Waals surface area contributed by atoms with E-state index < -0.39 is 5.60 Å². The van der Waals surface area contributed by atoms with Crippen molar-refractivity contribution < 1.29 is 14.6 Å². The molecule has 0 aliphatic heterocycles. The zero-order valence-electron chi connectivity index (χ0n) is 8.30. The molecule has 0 heterocycles. The van der Waals surface area contributed by atoms with E-state index in [1.165, 1.54) is 0 Å². The van der Waals surface area contributed by atoms with Gasteiger partial charge in [-0.3, -0.25) is 0 Å². The third-order valence-electron chi connectivity index (χ3n) is 1.81. The third-order valence-corrected chi connectivity index (χ3v) is 1.81. The summed E-state index contributed by atoms with van der Waals surface area (Å²) >= 11 is 0. The van der Waals surface area contributed by atoms with Gasteiger partial charge in [-0.15, -0.1) is 0 Å². The molecule has 0 unspecified atom stereocenters. The first-order valence-electron chi connectivity index (χ1n) is 4.56. The quantitative estimate of drug-likeness (QED) is 0.633. The highest BCUT2D eigenvalue weighted by Gasteiger charge is 2.24. The summed E-state index contributed by atoms with van der Waals surface area (Å²) in [6.45, 7) is 7.74. The van der Waals surface area contributed by atoms with Crippen LogP contribution in [0, 0.1) is 0 Å². The van der Waals surface area contributed by atoms with Gasteiger partial charge in [-0.1, -0.05) is 6.92 Å². The highest BCUT2D eigenvalue weighted by Crippen LogP contribution is 2.10. The van der Waals surface area contributed by atoms with E-state index in [4.69, 9.17) is 9.47 Å². The van der Waals surface area contributed by atoms with Crippen molar-refractivity contribution in [1.29, 1.82) is 0 Å². The molecule has 0 saturated carbocycles. The zero-order valence-corrected chi connectivity index (χ0v) is 8.30. The summed E-state index contributed by atoms with van der Waals surface area (Å²) in [5.41, 5.74) is -0.800. The summed E-state index contributed by atoms with van der Waals surface area (Å²) in [6, 6.07) is 0. The van der Waals surface area contributed by atoms with Crippen LogP contribution < -0.4 is 0 Å². The molecule has 0 aromatic rings. The van der Waals surface area contributed by atoms with Gasteiger partial charge in [-0.2, -0.15) is 0 Å². The fourth-order valence-electron chi connectivity index (χ4n) is 0.830. The minimum atomic E-state index is -0.800. The minimum Gasteiger partial charge on any atom is -0.385 e. The van der Waals surface area contributed by atoms with E-state index >= 15 is 0 Å². The zero-order chi connectivity index (χ0) is 9.45. The Morgan fingerprint density at radius 1 is 1.00 bits per heavy atom. The summed E-state index contributed by atoms with van der Waals surface area (Å²) < 4.78 is 10.3. The van der Waals surface area contributed by atoms with Crippen molar-refractivity contribution in [3.63, 3.8) is 0 Å². The second-order valence-corrected chi connectivity index (χ2v) is 2.85. The second-order valence-electron chi connectivity index (χ2n) is 2.85. The van der Waals surface area contributed by atoms with Gasteiger partial charge in [0.1, 0.15) is 5.60 Å². The molecule has 3 nitrogen and oxygen atoms in total. The highest BCUT2D eigenvalue weighted by atomic mass is 16.5. The van der Waals surface area contributed by atoms with Crippen LogP contribution in [-0.4, -0.2) is 37.1 Å². The highest BCUT2D eigenvalue weighted by molar-refractivity contribution is 4.75. The van der Waals surface area contributed by atoms with Gasteiger partial charge in [0.25, 0.3) is 0 Å². The SMILES string of the molecule is CCOCC(O)(CC)COCC. The van der Waals surface area contributed by atoms with Crippen LogP contribution in [0.2, 0.25) is 0 Å². The summed E-state index contributed by atoms with van der Waals surface area (Å²) in [5, 5.41) is 9.83. The van der Waals surface area contributed by atoms with Crippen LogP contribution in [-0.2, 0) is 9.47 Å². The van der Waals surface area contributed by atoms with Gasteiger partial charge in [0.2, 0.25) is 0 Å². The summed E-state index contributed by atoms with van der Waals surface area (Å²) in [6.07, 6.45) is 0.660. The summed E-state index contributed by atoms with van der Waals surface area (Å²) in [4.78, 5) is 0. The third kappa shape index (κ3) is 4.70. The molecule has 0 atom stereocenters. The average molecular weight is 176 g/mol. The fourth-order valence-corrected chi connectivity index (χ4v) is 0.830. The van der Waals surface area contributed by atoms with Crippen LogP contribution >= 0.6 is 0 Å². The molecule has 1 N–H and O–H groups in total. The Balaban J connectivity index is 3.70. The molecule has 3 heteroatoms. The summed E-state index contributed by atoms with van der Waals surface area (Å²) in [5.74, 6) is 0. The smallest absolute Gasteiger partial charge is 0.111 e. The van der Waals surface area contributed by atoms with E-state index in [2.05, 4.69) is 0 Å². The molecule has 0 aromatic carbocycles. The van der Waals surface area contributed by atoms with Crippen LogP contribution in [0.3, 0.4) is 0 Å². The first-order valence-corrected chi connectivity index (χ1v) is 4.56. The van der Waals surface area contributed by atoms with Crippen molar-refractivity contribution in [3.05, 3.63) is 0 Å². The molecular formula is C9H20O3. The molecule has 0 spiro atoms. The van der Waals surface area contributed by atoms with E-state index in [1.54, 1.807) is 0 Å². The number of rotatable bonds is 7. The standard InChI is InChI=1S/C9H20O3/c1-4-9(10,7-11-5-2)8-12-6-3/h10H,4-8H2,1-3H3. The molecule has 0 amide bonds. The first-order chi connectivity index (χ1) is 5.68. The molecule has 0 saturated heterocycles. The van der Waals surface area contributed by atoms with E-state index in [0.29, 0.717) is 32.8 Å². The predicted molar refractivity (Wildman–Crippen MR) is 48.2 cm³/mol. The Morgan fingerprint density at radius 2 is 1.42 bits per heavy atom. The monoisotopic (exact) mass is 176 g/mol. The van der Waals surface area contributed by atoms with Crippen molar-refractivity contribution >= 4 is 0 Å². The van der Waals surface area contributed by atoms with E-state index in [0.717, 1.165) is 0 Å². The van der Waals surface area contributed by atoms with E-state index in [-0.39, 0.29) is 0 Å². The topological polar surface area (TPSA) is 38.7 Å². The van der Waals surface area contributed by atoms with Gasteiger partial charge in [0.05, 0.1) is 13.2 Å². The number of hydrogen-bond acceptors (Lipinski definition) is 3. The largest absolute Gasteiger partial charge is 0.385 e. The van der Waals surface area contributed by atoms with Gasteiger partial charge in [0.15, 0.2) is 0 Å². The molecular weight excluding hydrogens is 156 g/mol. The van der Waals surface area contributed by atoms with Crippen LogP contribution in [0.1, 0.15) is 27.2 Å². The van der Waals surface area contributed by atoms with Crippen LogP contribution in [0.4, 0.5) is 0 Å². The second kappa shape index (κ2) is 6.40. The lowest BCUT2D eigenvalue weighted by Crippen LogP contribution is -2.39. The van der Waals surface area contributed by atoms with E-state index in [1.807, 2.05) is 20.8 Å². The van der Waals surface area contributed by atoms with Crippen molar-refractivity contribution in [2.24, 2.45) is 0 Å². The van der Waals surface area contributed by atoms with Crippen LogP contribution in [0.25, 0.3) is 0 Å². The number of ether oxygens (including phenoxy) is 2. The molecule has 0 aliphatic carbocycles. The van der Waals surface area contributed by atoms with E-state index in [9.17, 15) is 5.11 Å². The van der Waals surface area contributed by atoms with Gasteiger partial charge < -0.3 is 14.6 Å². The van der Waals surface area contributed by atoms with Gasteiger partial charge in [-0.25, -0.2) is 0 Å². The van der Waals surface area contributed by atoms with Crippen molar-refractivity contribution in [3.8, 4) is 0 Å². The Labute approximate surface area is 74.7 Å². The minimum absolute atomic E-state index is 0.361. The molecule has 74 valence electrons. The maximum absolute atomic E-state index is 9.83. The van der Waals surface area contributed by atoms with Crippen LogP contribution in [0.5, 0.6) is 0 Å². The van der Waals surface area contributed by atoms with Crippen molar-refractivity contribution in [1.82, 2.24) is 0 Å². The Hall–Kier alpha value is -0.120. The fraction of sp³-hybridized carbons (Fsp3) is 1.00.